The zero-order chi connectivity index (χ0) is 11.2. The van der Waals surface area contributed by atoms with Crippen LogP contribution in [0.15, 0.2) is 0 Å². The molecule has 0 aromatic heterocycles. The Bertz CT molecular complexity index is 218. The SMILES string of the molecule is O=C(CNCC1CCC1)N1CCCCCC1. The Morgan fingerprint density at radius 2 is 1.75 bits per heavy atom. The Balaban J connectivity index is 1.61. The van der Waals surface area contributed by atoms with Gasteiger partial charge in [-0.3, -0.25) is 4.79 Å². The van der Waals surface area contributed by atoms with E-state index in [9.17, 15) is 4.79 Å². The van der Waals surface area contributed by atoms with Gasteiger partial charge in [0.05, 0.1) is 6.54 Å². The van der Waals surface area contributed by atoms with Crippen molar-refractivity contribution < 1.29 is 4.79 Å². The smallest absolute Gasteiger partial charge is 0.236 e. The van der Waals surface area contributed by atoms with Crippen molar-refractivity contribution in [1.82, 2.24) is 10.2 Å². The molecule has 0 radical (unpaired) electrons. The molecule has 92 valence electrons. The number of nitrogens with zero attached hydrogens (tertiary/aromatic N) is 1. The number of likely N-dealkylation sites (tertiary alicyclic amines) is 1. The Kier molecular flexibility index (Phi) is 4.64. The highest BCUT2D eigenvalue weighted by Gasteiger charge is 2.18. The van der Waals surface area contributed by atoms with E-state index in [1.807, 2.05) is 4.90 Å². The first-order valence-electron chi connectivity index (χ1n) is 6.85. The number of hydrogen-bond donors (Lipinski definition) is 1. The molecule has 3 heteroatoms. The van der Waals surface area contributed by atoms with Gasteiger partial charge in [-0.1, -0.05) is 19.3 Å². The summed E-state index contributed by atoms with van der Waals surface area (Å²) in [6.07, 6.45) is 9.05. The van der Waals surface area contributed by atoms with Gasteiger partial charge in [0.2, 0.25) is 5.91 Å². The molecule has 0 aromatic rings. The summed E-state index contributed by atoms with van der Waals surface area (Å²) in [5, 5.41) is 3.31. The molecule has 0 atom stereocenters. The second-order valence-corrected chi connectivity index (χ2v) is 5.22. The third kappa shape index (κ3) is 3.48. The quantitative estimate of drug-likeness (QED) is 0.789. The molecule has 0 aromatic carbocycles. The average Bonchev–Trinajstić information content (AvgIpc) is 2.49. The van der Waals surface area contributed by atoms with Crippen LogP contribution in [0, 0.1) is 5.92 Å². The number of nitrogens with one attached hydrogen (secondary N) is 1. The van der Waals surface area contributed by atoms with Gasteiger partial charge < -0.3 is 10.2 Å². The van der Waals surface area contributed by atoms with Crippen LogP contribution in [-0.2, 0) is 4.79 Å². The van der Waals surface area contributed by atoms with Crippen molar-refractivity contribution in [2.75, 3.05) is 26.2 Å². The first-order valence-corrected chi connectivity index (χ1v) is 6.85. The summed E-state index contributed by atoms with van der Waals surface area (Å²) in [5.41, 5.74) is 0. The fourth-order valence-electron chi connectivity index (χ4n) is 2.51. The van der Waals surface area contributed by atoms with Crippen molar-refractivity contribution in [3.63, 3.8) is 0 Å². The van der Waals surface area contributed by atoms with E-state index >= 15 is 0 Å². The molecule has 16 heavy (non-hydrogen) atoms. The first kappa shape index (κ1) is 11.9. The van der Waals surface area contributed by atoms with Gasteiger partial charge in [0.1, 0.15) is 0 Å². The molecule has 1 aliphatic heterocycles. The minimum absolute atomic E-state index is 0.307. The van der Waals surface area contributed by atoms with Crippen LogP contribution in [-0.4, -0.2) is 37.0 Å². The van der Waals surface area contributed by atoms with E-state index in [4.69, 9.17) is 0 Å². The molecule has 0 bridgehead atoms. The second kappa shape index (κ2) is 6.24. The average molecular weight is 224 g/mol. The zero-order valence-electron chi connectivity index (χ0n) is 10.2. The predicted molar refractivity (Wildman–Crippen MR) is 65.3 cm³/mol. The molecular weight excluding hydrogens is 200 g/mol. The Morgan fingerprint density at radius 1 is 1.06 bits per heavy atom. The minimum atomic E-state index is 0.307. The van der Waals surface area contributed by atoms with E-state index in [2.05, 4.69) is 5.32 Å². The zero-order valence-corrected chi connectivity index (χ0v) is 10.2. The van der Waals surface area contributed by atoms with Crippen LogP contribution in [0.4, 0.5) is 0 Å². The topological polar surface area (TPSA) is 32.3 Å². The van der Waals surface area contributed by atoms with Crippen molar-refractivity contribution in [1.29, 1.82) is 0 Å². The minimum Gasteiger partial charge on any atom is -0.342 e. The van der Waals surface area contributed by atoms with Gasteiger partial charge in [0, 0.05) is 13.1 Å². The summed E-state index contributed by atoms with van der Waals surface area (Å²) in [4.78, 5) is 13.9. The van der Waals surface area contributed by atoms with Crippen molar-refractivity contribution >= 4 is 5.91 Å². The molecule has 3 nitrogen and oxygen atoms in total. The van der Waals surface area contributed by atoms with Gasteiger partial charge in [0.15, 0.2) is 0 Å². The number of rotatable bonds is 4. The van der Waals surface area contributed by atoms with Gasteiger partial charge in [-0.05, 0) is 38.1 Å². The molecule has 2 aliphatic rings. The first-order chi connectivity index (χ1) is 7.86. The highest BCUT2D eigenvalue weighted by atomic mass is 16.2. The summed E-state index contributed by atoms with van der Waals surface area (Å²) < 4.78 is 0. The van der Waals surface area contributed by atoms with Crippen LogP contribution in [0.2, 0.25) is 0 Å². The fourth-order valence-corrected chi connectivity index (χ4v) is 2.51. The van der Waals surface area contributed by atoms with Crippen LogP contribution < -0.4 is 5.32 Å². The number of carbonyl (C=O) groups excluding carboxylic acids is 1. The van der Waals surface area contributed by atoms with Crippen molar-refractivity contribution in [2.45, 2.75) is 44.9 Å². The van der Waals surface area contributed by atoms with Crippen LogP contribution >= 0.6 is 0 Å². The van der Waals surface area contributed by atoms with E-state index in [1.165, 1.54) is 44.9 Å². The number of carbonyl (C=O) groups is 1. The van der Waals surface area contributed by atoms with Crippen molar-refractivity contribution in [2.24, 2.45) is 5.92 Å². The standard InChI is InChI=1S/C13H24N2O/c16-13(11-14-10-12-6-5-7-12)15-8-3-1-2-4-9-15/h12,14H,1-11H2. The van der Waals surface area contributed by atoms with E-state index < -0.39 is 0 Å². The molecule has 0 spiro atoms. The van der Waals surface area contributed by atoms with Crippen LogP contribution in [0.1, 0.15) is 44.9 Å². The van der Waals surface area contributed by atoms with E-state index in [1.54, 1.807) is 0 Å². The van der Waals surface area contributed by atoms with Crippen LogP contribution in [0.25, 0.3) is 0 Å². The molecule has 1 heterocycles. The summed E-state index contributed by atoms with van der Waals surface area (Å²) in [6.45, 7) is 3.55. The Labute approximate surface area is 98.6 Å². The monoisotopic (exact) mass is 224 g/mol. The summed E-state index contributed by atoms with van der Waals surface area (Å²) >= 11 is 0. The Hall–Kier alpha value is -0.570. The largest absolute Gasteiger partial charge is 0.342 e. The lowest BCUT2D eigenvalue weighted by atomic mass is 9.85. The molecule has 2 fully saturated rings. The van der Waals surface area contributed by atoms with Gasteiger partial charge >= 0.3 is 0 Å². The van der Waals surface area contributed by atoms with Gasteiger partial charge in [0.25, 0.3) is 0 Å². The van der Waals surface area contributed by atoms with Crippen LogP contribution in [0.3, 0.4) is 0 Å². The van der Waals surface area contributed by atoms with E-state index in [0.29, 0.717) is 12.5 Å². The molecule has 1 amide bonds. The van der Waals surface area contributed by atoms with Gasteiger partial charge in [-0.25, -0.2) is 0 Å². The maximum atomic E-state index is 11.9. The lowest BCUT2D eigenvalue weighted by Gasteiger charge is -2.26. The lowest BCUT2D eigenvalue weighted by molar-refractivity contribution is -0.130. The molecule has 1 saturated heterocycles. The number of amides is 1. The van der Waals surface area contributed by atoms with Gasteiger partial charge in [-0.2, -0.15) is 0 Å². The summed E-state index contributed by atoms with van der Waals surface area (Å²) in [7, 11) is 0. The summed E-state index contributed by atoms with van der Waals surface area (Å²) in [6, 6.07) is 0. The van der Waals surface area contributed by atoms with E-state index in [-0.39, 0.29) is 0 Å². The van der Waals surface area contributed by atoms with Crippen molar-refractivity contribution in [3.05, 3.63) is 0 Å². The normalized spacial score (nSPS) is 22.6. The third-order valence-corrected chi connectivity index (χ3v) is 3.89. The van der Waals surface area contributed by atoms with Crippen molar-refractivity contribution in [3.8, 4) is 0 Å². The molecule has 0 unspecified atom stereocenters. The molecule has 1 aliphatic carbocycles. The maximum Gasteiger partial charge on any atom is 0.236 e. The highest BCUT2D eigenvalue weighted by Crippen LogP contribution is 2.25. The third-order valence-electron chi connectivity index (χ3n) is 3.89. The Morgan fingerprint density at radius 3 is 2.31 bits per heavy atom. The molecule has 2 rings (SSSR count). The highest BCUT2D eigenvalue weighted by molar-refractivity contribution is 5.78. The molecule has 1 N–H and O–H groups in total. The lowest BCUT2D eigenvalue weighted by Crippen LogP contribution is -2.40. The fraction of sp³-hybridized carbons (Fsp3) is 0.923. The van der Waals surface area contributed by atoms with Gasteiger partial charge in [-0.15, -0.1) is 0 Å². The van der Waals surface area contributed by atoms with E-state index in [0.717, 1.165) is 25.6 Å². The predicted octanol–water partition coefficient (Wildman–Crippen LogP) is 1.78. The number of hydrogen-bond acceptors (Lipinski definition) is 2. The van der Waals surface area contributed by atoms with Crippen LogP contribution in [0.5, 0.6) is 0 Å². The summed E-state index contributed by atoms with van der Waals surface area (Å²) in [5.74, 6) is 1.15. The second-order valence-electron chi connectivity index (χ2n) is 5.22. The maximum absolute atomic E-state index is 11.9. The molecular formula is C13H24N2O. The molecule has 1 saturated carbocycles.